The van der Waals surface area contributed by atoms with Gasteiger partial charge in [0, 0.05) is 17.2 Å². The molecule has 1 aromatic rings. The molecule has 1 amide bonds. The Morgan fingerprint density at radius 2 is 2.10 bits per heavy atom. The average Bonchev–Trinajstić information content (AvgIpc) is 2.36. The van der Waals surface area contributed by atoms with Gasteiger partial charge in [-0.15, -0.1) is 0 Å². The topological polar surface area (TPSA) is 63.2 Å². The van der Waals surface area contributed by atoms with E-state index in [0.29, 0.717) is 6.54 Å². The van der Waals surface area contributed by atoms with E-state index >= 15 is 0 Å². The zero-order chi connectivity index (χ0) is 15.5. The van der Waals surface area contributed by atoms with Crippen LogP contribution in [0.2, 0.25) is 0 Å². The second-order valence-electron chi connectivity index (χ2n) is 4.43. The SMILES string of the molecule is CCC(C)CNC(=O)c1cc(F)cc(S(=O)(=O)Cl)c1Br. The van der Waals surface area contributed by atoms with E-state index in [9.17, 15) is 17.6 Å². The summed E-state index contributed by atoms with van der Waals surface area (Å²) in [6.45, 7) is 4.35. The van der Waals surface area contributed by atoms with Gasteiger partial charge in [0.2, 0.25) is 0 Å². The van der Waals surface area contributed by atoms with Gasteiger partial charge < -0.3 is 5.32 Å². The van der Waals surface area contributed by atoms with Gasteiger partial charge in [-0.3, -0.25) is 4.79 Å². The first-order chi connectivity index (χ1) is 9.16. The van der Waals surface area contributed by atoms with Crippen LogP contribution in [0.15, 0.2) is 21.5 Å². The fraction of sp³-hybridized carbons (Fsp3) is 0.417. The van der Waals surface area contributed by atoms with Crippen LogP contribution in [0.25, 0.3) is 0 Å². The normalized spacial score (nSPS) is 13.1. The quantitative estimate of drug-likeness (QED) is 0.790. The summed E-state index contributed by atoms with van der Waals surface area (Å²) in [6.07, 6.45) is 0.881. The molecule has 0 saturated heterocycles. The number of carbonyl (C=O) groups excluding carboxylic acids is 1. The maximum absolute atomic E-state index is 13.4. The second-order valence-corrected chi connectivity index (χ2v) is 7.75. The van der Waals surface area contributed by atoms with Gasteiger partial charge >= 0.3 is 0 Å². The molecule has 0 spiro atoms. The van der Waals surface area contributed by atoms with Crippen molar-refractivity contribution in [3.8, 4) is 0 Å². The molecule has 1 atom stereocenters. The van der Waals surface area contributed by atoms with Crippen molar-refractivity contribution in [1.82, 2.24) is 5.32 Å². The van der Waals surface area contributed by atoms with Crippen LogP contribution < -0.4 is 5.32 Å². The number of rotatable bonds is 5. The van der Waals surface area contributed by atoms with Crippen molar-refractivity contribution in [1.29, 1.82) is 0 Å². The lowest BCUT2D eigenvalue weighted by molar-refractivity contribution is 0.0946. The van der Waals surface area contributed by atoms with E-state index in [2.05, 4.69) is 21.2 Å². The molecule has 0 aromatic heterocycles. The Hall–Kier alpha value is -0.660. The molecule has 0 saturated carbocycles. The summed E-state index contributed by atoms with van der Waals surface area (Å²) in [7, 11) is 1.06. The Balaban J connectivity index is 3.13. The third-order valence-corrected chi connectivity index (χ3v) is 5.28. The van der Waals surface area contributed by atoms with Crippen molar-refractivity contribution >= 4 is 41.6 Å². The molecular formula is C12H14BrClFNO3S. The zero-order valence-electron chi connectivity index (χ0n) is 10.9. The maximum Gasteiger partial charge on any atom is 0.262 e. The molecule has 0 aliphatic rings. The minimum Gasteiger partial charge on any atom is -0.352 e. The number of hydrogen-bond donors (Lipinski definition) is 1. The maximum atomic E-state index is 13.4. The van der Waals surface area contributed by atoms with Gasteiger partial charge in [-0.05, 0) is 34.0 Å². The van der Waals surface area contributed by atoms with E-state index in [1.165, 1.54) is 0 Å². The molecule has 0 bridgehead atoms. The van der Waals surface area contributed by atoms with E-state index < -0.39 is 25.7 Å². The summed E-state index contributed by atoms with van der Waals surface area (Å²) in [5, 5.41) is 2.62. The summed E-state index contributed by atoms with van der Waals surface area (Å²) in [5.74, 6) is -1.14. The molecule has 20 heavy (non-hydrogen) atoms. The summed E-state index contributed by atoms with van der Waals surface area (Å²) < 4.78 is 36.1. The molecule has 1 unspecified atom stereocenters. The first-order valence-corrected chi connectivity index (χ1v) is 8.99. The van der Waals surface area contributed by atoms with Crippen molar-refractivity contribution in [2.45, 2.75) is 25.2 Å². The minimum atomic E-state index is -4.14. The molecule has 1 rings (SSSR count). The Morgan fingerprint density at radius 1 is 1.50 bits per heavy atom. The number of halogens is 3. The first-order valence-electron chi connectivity index (χ1n) is 5.88. The summed E-state index contributed by atoms with van der Waals surface area (Å²) in [5.41, 5.74) is -0.104. The number of amides is 1. The lowest BCUT2D eigenvalue weighted by Gasteiger charge is -2.12. The highest BCUT2D eigenvalue weighted by atomic mass is 79.9. The highest BCUT2D eigenvalue weighted by Gasteiger charge is 2.22. The van der Waals surface area contributed by atoms with E-state index in [0.717, 1.165) is 18.6 Å². The molecule has 1 N–H and O–H groups in total. The summed E-state index contributed by atoms with van der Waals surface area (Å²) in [6, 6.07) is 1.72. The molecule has 0 aliphatic heterocycles. The van der Waals surface area contributed by atoms with Crippen LogP contribution >= 0.6 is 26.6 Å². The van der Waals surface area contributed by atoms with Crippen molar-refractivity contribution < 1.29 is 17.6 Å². The fourth-order valence-corrected chi connectivity index (χ4v) is 3.68. The highest BCUT2D eigenvalue weighted by molar-refractivity contribution is 9.10. The van der Waals surface area contributed by atoms with E-state index in [1.54, 1.807) is 0 Å². The zero-order valence-corrected chi connectivity index (χ0v) is 14.1. The highest BCUT2D eigenvalue weighted by Crippen LogP contribution is 2.29. The van der Waals surface area contributed by atoms with Crippen molar-refractivity contribution in [2.75, 3.05) is 6.54 Å². The van der Waals surface area contributed by atoms with E-state index in [4.69, 9.17) is 10.7 Å². The summed E-state index contributed by atoms with van der Waals surface area (Å²) >= 11 is 2.98. The monoisotopic (exact) mass is 385 g/mol. The molecule has 0 heterocycles. The molecule has 8 heteroatoms. The van der Waals surface area contributed by atoms with Crippen molar-refractivity contribution in [2.24, 2.45) is 5.92 Å². The number of benzene rings is 1. The number of carbonyl (C=O) groups is 1. The van der Waals surface area contributed by atoms with Gasteiger partial charge in [-0.25, -0.2) is 12.8 Å². The lowest BCUT2D eigenvalue weighted by atomic mass is 10.1. The fourth-order valence-electron chi connectivity index (χ4n) is 1.41. The van der Waals surface area contributed by atoms with Gasteiger partial charge in [-0.1, -0.05) is 20.3 Å². The van der Waals surface area contributed by atoms with Crippen LogP contribution in [0.5, 0.6) is 0 Å². The third-order valence-electron chi connectivity index (χ3n) is 2.82. The second kappa shape index (κ2) is 6.87. The van der Waals surface area contributed by atoms with Gasteiger partial charge in [0.15, 0.2) is 0 Å². The van der Waals surface area contributed by atoms with Gasteiger partial charge in [-0.2, -0.15) is 0 Å². The Morgan fingerprint density at radius 3 is 2.60 bits per heavy atom. The van der Waals surface area contributed by atoms with Crippen LogP contribution in [0, 0.1) is 11.7 Å². The van der Waals surface area contributed by atoms with Crippen LogP contribution in [0.1, 0.15) is 30.6 Å². The van der Waals surface area contributed by atoms with Crippen molar-refractivity contribution in [3.63, 3.8) is 0 Å². The molecule has 1 aromatic carbocycles. The Kier molecular flexibility index (Phi) is 5.97. The van der Waals surface area contributed by atoms with Crippen molar-refractivity contribution in [3.05, 3.63) is 28.0 Å². The molecule has 0 aliphatic carbocycles. The van der Waals surface area contributed by atoms with E-state index in [-0.39, 0.29) is 16.0 Å². The van der Waals surface area contributed by atoms with E-state index in [1.807, 2.05) is 13.8 Å². The predicted molar refractivity (Wildman–Crippen MR) is 78.9 cm³/mol. The first kappa shape index (κ1) is 17.4. The number of nitrogens with one attached hydrogen (secondary N) is 1. The van der Waals surface area contributed by atoms with Gasteiger partial charge in [0.1, 0.15) is 10.7 Å². The molecular weight excluding hydrogens is 373 g/mol. The minimum absolute atomic E-state index is 0.0458. The van der Waals surface area contributed by atoms with Gasteiger partial charge in [0.25, 0.3) is 15.0 Å². The smallest absolute Gasteiger partial charge is 0.262 e. The van der Waals surface area contributed by atoms with Crippen LogP contribution in [0.3, 0.4) is 0 Å². The van der Waals surface area contributed by atoms with Gasteiger partial charge in [0.05, 0.1) is 10.0 Å². The molecule has 0 radical (unpaired) electrons. The Labute approximate surface area is 130 Å². The lowest BCUT2D eigenvalue weighted by Crippen LogP contribution is -2.28. The third kappa shape index (κ3) is 4.43. The molecule has 4 nitrogen and oxygen atoms in total. The Bertz CT molecular complexity index is 621. The standard InChI is InChI=1S/C12H14BrClFNO3S/c1-3-7(2)6-16-12(17)9-4-8(15)5-10(11(9)13)20(14,18)19/h4-5,7H,3,6H2,1-2H3,(H,16,17). The number of hydrogen-bond acceptors (Lipinski definition) is 3. The largest absolute Gasteiger partial charge is 0.352 e. The predicted octanol–water partition coefficient (Wildman–Crippen LogP) is 3.29. The summed E-state index contributed by atoms with van der Waals surface area (Å²) in [4.78, 5) is 11.5. The average molecular weight is 387 g/mol. The molecule has 0 fully saturated rings. The van der Waals surface area contributed by atoms with Crippen LogP contribution in [-0.2, 0) is 9.05 Å². The molecule has 112 valence electrons. The van der Waals surface area contributed by atoms with Crippen LogP contribution in [0.4, 0.5) is 4.39 Å². The van der Waals surface area contributed by atoms with Crippen LogP contribution in [-0.4, -0.2) is 20.9 Å².